The van der Waals surface area contributed by atoms with Crippen molar-refractivity contribution in [2.24, 2.45) is 0 Å². The molecule has 0 aliphatic heterocycles. The van der Waals surface area contributed by atoms with E-state index in [1.807, 2.05) is 0 Å². The van der Waals surface area contributed by atoms with E-state index in [9.17, 15) is 18.0 Å². The molecule has 0 saturated carbocycles. The number of amides is 1. The smallest absolute Gasteiger partial charge is 0.265 e. The Hall–Kier alpha value is -1.21. The van der Waals surface area contributed by atoms with Crippen molar-refractivity contribution in [1.29, 1.82) is 0 Å². The van der Waals surface area contributed by atoms with Crippen LogP contribution in [0.25, 0.3) is 0 Å². The van der Waals surface area contributed by atoms with Gasteiger partial charge in [0.25, 0.3) is 6.43 Å². The number of hydrogen-bond donors (Lipinski definition) is 2. The van der Waals surface area contributed by atoms with Gasteiger partial charge in [-0.2, -0.15) is 0 Å². The van der Waals surface area contributed by atoms with Crippen molar-refractivity contribution in [3.63, 3.8) is 0 Å². The van der Waals surface area contributed by atoms with Crippen LogP contribution >= 0.6 is 11.8 Å². The lowest BCUT2D eigenvalue weighted by Crippen LogP contribution is -2.36. The van der Waals surface area contributed by atoms with E-state index in [-0.39, 0.29) is 5.75 Å². The van der Waals surface area contributed by atoms with Gasteiger partial charge in [-0.05, 0) is 12.1 Å². The van der Waals surface area contributed by atoms with Crippen LogP contribution in [0.2, 0.25) is 0 Å². The van der Waals surface area contributed by atoms with Crippen LogP contribution in [0.4, 0.5) is 13.2 Å². The van der Waals surface area contributed by atoms with Gasteiger partial charge in [0.1, 0.15) is 11.9 Å². The summed E-state index contributed by atoms with van der Waals surface area (Å²) in [5.41, 5.74) is 0. The first kappa shape index (κ1) is 14.8. The molecule has 100 valence electrons. The van der Waals surface area contributed by atoms with Gasteiger partial charge in [-0.25, -0.2) is 13.2 Å². The molecule has 0 radical (unpaired) electrons. The number of halogens is 3. The molecule has 1 aromatic carbocycles. The van der Waals surface area contributed by atoms with Gasteiger partial charge in [-0.3, -0.25) is 4.79 Å². The molecule has 0 aliphatic carbocycles. The molecule has 7 heteroatoms. The number of rotatable bonds is 6. The van der Waals surface area contributed by atoms with Crippen molar-refractivity contribution in [3.05, 3.63) is 30.1 Å². The Bertz CT molecular complexity index is 404. The van der Waals surface area contributed by atoms with E-state index in [0.29, 0.717) is 4.90 Å². The van der Waals surface area contributed by atoms with Crippen molar-refractivity contribution < 1.29 is 23.1 Å². The number of nitrogens with one attached hydrogen (secondary N) is 1. The van der Waals surface area contributed by atoms with Gasteiger partial charge in [0.05, 0.1) is 5.75 Å². The minimum atomic E-state index is -2.90. The van der Waals surface area contributed by atoms with Crippen LogP contribution in [0, 0.1) is 5.82 Å². The van der Waals surface area contributed by atoms with Gasteiger partial charge in [0.2, 0.25) is 5.91 Å². The van der Waals surface area contributed by atoms with Crippen molar-refractivity contribution in [1.82, 2.24) is 5.32 Å². The van der Waals surface area contributed by atoms with Crippen molar-refractivity contribution in [2.45, 2.75) is 17.4 Å². The van der Waals surface area contributed by atoms with E-state index in [2.05, 4.69) is 5.32 Å². The predicted molar refractivity (Wildman–Crippen MR) is 62.1 cm³/mol. The molecular weight excluding hydrogens is 267 g/mol. The van der Waals surface area contributed by atoms with Gasteiger partial charge in [0, 0.05) is 11.4 Å². The Morgan fingerprint density at radius 2 is 2.06 bits per heavy atom. The minimum Gasteiger partial charge on any atom is -0.385 e. The second-order valence-electron chi connectivity index (χ2n) is 3.42. The summed E-state index contributed by atoms with van der Waals surface area (Å²) in [6.07, 6.45) is -4.78. The largest absolute Gasteiger partial charge is 0.385 e. The molecule has 0 spiro atoms. The monoisotopic (exact) mass is 279 g/mol. The molecule has 1 atom stereocenters. The molecule has 3 nitrogen and oxygen atoms in total. The van der Waals surface area contributed by atoms with E-state index < -0.39 is 30.8 Å². The number of carbonyl (C=O) groups is 1. The Morgan fingerprint density at radius 1 is 1.39 bits per heavy atom. The molecule has 1 unspecified atom stereocenters. The lowest BCUT2D eigenvalue weighted by Gasteiger charge is -2.10. The zero-order valence-electron chi connectivity index (χ0n) is 9.28. The fraction of sp³-hybridized carbons (Fsp3) is 0.364. The highest BCUT2D eigenvalue weighted by Crippen LogP contribution is 2.20. The lowest BCUT2D eigenvalue weighted by molar-refractivity contribution is -0.119. The van der Waals surface area contributed by atoms with Crippen LogP contribution in [-0.2, 0) is 4.79 Å². The molecule has 0 bridgehead atoms. The summed E-state index contributed by atoms with van der Waals surface area (Å²) in [7, 11) is 0. The van der Waals surface area contributed by atoms with E-state index in [1.165, 1.54) is 18.2 Å². The van der Waals surface area contributed by atoms with E-state index >= 15 is 0 Å². The molecule has 0 fully saturated rings. The number of carbonyl (C=O) groups excluding carboxylic acids is 1. The SMILES string of the molecule is O=C(CSc1ccccc1F)NCC(O)C(F)F. The highest BCUT2D eigenvalue weighted by Gasteiger charge is 2.17. The number of alkyl halides is 2. The zero-order chi connectivity index (χ0) is 13.5. The number of aliphatic hydroxyl groups excluding tert-OH is 1. The summed E-state index contributed by atoms with van der Waals surface area (Å²) >= 11 is 0.959. The van der Waals surface area contributed by atoms with E-state index in [0.717, 1.165) is 11.8 Å². The highest BCUT2D eigenvalue weighted by atomic mass is 32.2. The Labute approximate surface area is 106 Å². The maximum atomic E-state index is 13.2. The molecule has 0 aromatic heterocycles. The van der Waals surface area contributed by atoms with Crippen LogP contribution in [0.15, 0.2) is 29.2 Å². The summed E-state index contributed by atoms with van der Waals surface area (Å²) in [4.78, 5) is 11.6. The Balaban J connectivity index is 2.32. The molecule has 2 N–H and O–H groups in total. The lowest BCUT2D eigenvalue weighted by atomic mass is 10.3. The summed E-state index contributed by atoms with van der Waals surface area (Å²) < 4.78 is 37.0. The zero-order valence-corrected chi connectivity index (χ0v) is 10.1. The summed E-state index contributed by atoms with van der Waals surface area (Å²) in [6, 6.07) is 5.93. The molecule has 0 saturated heterocycles. The van der Waals surface area contributed by atoms with Gasteiger partial charge in [-0.1, -0.05) is 12.1 Å². The van der Waals surface area contributed by atoms with Crippen molar-refractivity contribution in [3.8, 4) is 0 Å². The van der Waals surface area contributed by atoms with Gasteiger partial charge in [-0.15, -0.1) is 11.8 Å². The molecule has 0 aliphatic rings. The third-order valence-electron chi connectivity index (χ3n) is 1.99. The summed E-state index contributed by atoms with van der Waals surface area (Å²) in [6.45, 7) is -0.520. The van der Waals surface area contributed by atoms with E-state index in [4.69, 9.17) is 5.11 Å². The second-order valence-corrected chi connectivity index (χ2v) is 4.44. The van der Waals surface area contributed by atoms with E-state index in [1.54, 1.807) is 6.07 Å². The third kappa shape index (κ3) is 4.97. The average Bonchev–Trinajstić information content (AvgIpc) is 2.34. The summed E-state index contributed by atoms with van der Waals surface area (Å²) in [5.74, 6) is -1.08. The first-order valence-electron chi connectivity index (χ1n) is 5.11. The minimum absolute atomic E-state index is 0.100. The second kappa shape index (κ2) is 7.27. The normalized spacial score (nSPS) is 12.5. The molecule has 18 heavy (non-hydrogen) atoms. The van der Waals surface area contributed by atoms with Crippen molar-refractivity contribution in [2.75, 3.05) is 12.3 Å². The van der Waals surface area contributed by atoms with Crippen LogP contribution in [0.3, 0.4) is 0 Å². The van der Waals surface area contributed by atoms with Crippen LogP contribution < -0.4 is 5.32 Å². The predicted octanol–water partition coefficient (Wildman–Crippen LogP) is 1.66. The van der Waals surface area contributed by atoms with Crippen LogP contribution in [0.1, 0.15) is 0 Å². The highest BCUT2D eigenvalue weighted by molar-refractivity contribution is 8.00. The quantitative estimate of drug-likeness (QED) is 0.779. The molecular formula is C11H12F3NO2S. The van der Waals surface area contributed by atoms with Gasteiger partial charge >= 0.3 is 0 Å². The topological polar surface area (TPSA) is 49.3 Å². The number of aliphatic hydroxyl groups is 1. The van der Waals surface area contributed by atoms with Crippen LogP contribution in [0.5, 0.6) is 0 Å². The Morgan fingerprint density at radius 3 is 2.67 bits per heavy atom. The van der Waals surface area contributed by atoms with Crippen LogP contribution in [-0.4, -0.2) is 35.8 Å². The van der Waals surface area contributed by atoms with Gasteiger partial charge in [0.15, 0.2) is 0 Å². The van der Waals surface area contributed by atoms with Gasteiger partial charge < -0.3 is 10.4 Å². The number of hydrogen-bond acceptors (Lipinski definition) is 3. The maximum absolute atomic E-state index is 13.2. The molecule has 0 heterocycles. The molecule has 1 amide bonds. The van der Waals surface area contributed by atoms with Crippen molar-refractivity contribution >= 4 is 17.7 Å². The first-order chi connectivity index (χ1) is 8.50. The maximum Gasteiger partial charge on any atom is 0.265 e. The molecule has 1 aromatic rings. The number of benzene rings is 1. The third-order valence-corrected chi connectivity index (χ3v) is 3.04. The fourth-order valence-corrected chi connectivity index (χ4v) is 1.83. The first-order valence-corrected chi connectivity index (χ1v) is 6.09. The Kier molecular flexibility index (Phi) is 6.00. The molecule has 1 rings (SSSR count). The summed E-state index contributed by atoms with van der Waals surface area (Å²) in [5, 5.41) is 10.9. The fourth-order valence-electron chi connectivity index (χ4n) is 1.06. The average molecular weight is 279 g/mol. The standard InChI is InChI=1S/C11H12F3NO2S/c12-7-3-1-2-4-9(7)18-6-10(17)15-5-8(16)11(13)14/h1-4,8,11,16H,5-6H2,(H,15,17). The number of thioether (sulfide) groups is 1.